The molecule has 0 fully saturated rings. The van der Waals surface area contributed by atoms with Crippen molar-refractivity contribution >= 4 is 6.08 Å². The van der Waals surface area contributed by atoms with E-state index in [-0.39, 0.29) is 6.15 Å². The topological polar surface area (TPSA) is 35.0 Å². The van der Waals surface area contributed by atoms with E-state index < -0.39 is 0 Å². The molecule has 60 valence electrons. The van der Waals surface area contributed by atoms with E-state index in [9.17, 15) is 0 Å². The molecule has 0 heterocycles. The monoisotopic (exact) mass is 149 g/mol. The molecule has 0 saturated heterocycles. The first kappa shape index (κ1) is 9.92. The van der Waals surface area contributed by atoms with Crippen molar-refractivity contribution in [2.24, 2.45) is 0 Å². The molecule has 0 radical (unpaired) electrons. The normalized spacial score (nSPS) is 8.18. The van der Waals surface area contributed by atoms with Gasteiger partial charge in [0.25, 0.3) is 0 Å². The summed E-state index contributed by atoms with van der Waals surface area (Å²) in [7, 11) is 0. The molecule has 1 nitrogen and oxygen atoms in total. The van der Waals surface area contributed by atoms with E-state index in [1.54, 1.807) is 0 Å². The van der Waals surface area contributed by atoms with Gasteiger partial charge in [-0.2, -0.15) is 0 Å². The van der Waals surface area contributed by atoms with Crippen LogP contribution in [0.25, 0.3) is 6.08 Å². The van der Waals surface area contributed by atoms with Crippen molar-refractivity contribution in [3.05, 3.63) is 41.5 Å². The first-order chi connectivity index (χ1) is 4.79. The van der Waals surface area contributed by atoms with Gasteiger partial charge in [-0.05, 0) is 19.4 Å². The lowest BCUT2D eigenvalue weighted by Crippen LogP contribution is -1.69. The average Bonchev–Trinajstić information content (AvgIpc) is 1.88. The Balaban J connectivity index is 0.000001000. The minimum Gasteiger partial charge on any atom is -0.344 e. The molecule has 0 aliphatic carbocycles. The highest BCUT2D eigenvalue weighted by atomic mass is 14.0. The lowest BCUT2D eigenvalue weighted by Gasteiger charge is -1.91. The fraction of sp³-hybridized carbons (Fsp3) is 0.200. The Morgan fingerprint density at radius 2 is 1.64 bits per heavy atom. The van der Waals surface area contributed by atoms with Gasteiger partial charge in [0.2, 0.25) is 0 Å². The number of benzene rings is 1. The molecule has 1 aromatic carbocycles. The van der Waals surface area contributed by atoms with Gasteiger partial charge >= 0.3 is 0 Å². The highest BCUT2D eigenvalue weighted by Gasteiger charge is 1.82. The van der Waals surface area contributed by atoms with Gasteiger partial charge in [0.05, 0.1) is 0 Å². The molecule has 1 aromatic rings. The van der Waals surface area contributed by atoms with Crippen LogP contribution in [0.3, 0.4) is 0 Å². The van der Waals surface area contributed by atoms with E-state index in [2.05, 4.69) is 44.2 Å². The highest BCUT2D eigenvalue weighted by Crippen LogP contribution is 2.04. The summed E-state index contributed by atoms with van der Waals surface area (Å²) in [5, 5.41) is 0. The third-order valence-electron chi connectivity index (χ3n) is 1.25. The zero-order valence-electron chi connectivity index (χ0n) is 7.17. The second-order valence-corrected chi connectivity index (χ2v) is 2.63. The van der Waals surface area contributed by atoms with Crippen LogP contribution in [0.15, 0.2) is 35.9 Å². The third-order valence-corrected chi connectivity index (χ3v) is 1.25. The van der Waals surface area contributed by atoms with E-state index in [1.165, 1.54) is 11.1 Å². The summed E-state index contributed by atoms with van der Waals surface area (Å²) in [6.45, 7) is 4.21. The van der Waals surface area contributed by atoms with Crippen LogP contribution in [-0.4, -0.2) is 0 Å². The third kappa shape index (κ3) is 3.58. The van der Waals surface area contributed by atoms with Gasteiger partial charge in [-0.15, -0.1) is 0 Å². The smallest absolute Gasteiger partial charge is 0.0257 e. The van der Waals surface area contributed by atoms with Gasteiger partial charge in [0.15, 0.2) is 0 Å². The van der Waals surface area contributed by atoms with Gasteiger partial charge in [-0.3, -0.25) is 0 Å². The Morgan fingerprint density at radius 3 is 2.09 bits per heavy atom. The molecule has 3 N–H and O–H groups in total. The number of hydrogen-bond acceptors (Lipinski definition) is 1. The Labute approximate surface area is 68.3 Å². The lowest BCUT2D eigenvalue weighted by molar-refractivity contribution is 1.42. The van der Waals surface area contributed by atoms with Crippen LogP contribution in [0.2, 0.25) is 0 Å². The van der Waals surface area contributed by atoms with E-state index in [0.717, 1.165) is 0 Å². The summed E-state index contributed by atoms with van der Waals surface area (Å²) in [6.07, 6.45) is 2.17. The molecule has 0 unspecified atom stereocenters. The molecule has 0 amide bonds. The SMILES string of the molecule is CC(C)=Cc1ccccc1.N. The summed E-state index contributed by atoms with van der Waals surface area (Å²) < 4.78 is 0. The zero-order valence-corrected chi connectivity index (χ0v) is 7.17. The Kier molecular flexibility index (Phi) is 4.23. The number of allylic oxidation sites excluding steroid dienone is 1. The molecule has 0 saturated carbocycles. The van der Waals surface area contributed by atoms with Crippen LogP contribution in [0.4, 0.5) is 0 Å². The first-order valence-electron chi connectivity index (χ1n) is 3.49. The van der Waals surface area contributed by atoms with E-state index >= 15 is 0 Å². The lowest BCUT2D eigenvalue weighted by atomic mass is 10.2. The molecular formula is C10H15N. The maximum Gasteiger partial charge on any atom is -0.0257 e. The Hall–Kier alpha value is -1.08. The minimum absolute atomic E-state index is 0. The van der Waals surface area contributed by atoms with Crippen molar-refractivity contribution in [2.45, 2.75) is 13.8 Å². The molecule has 0 atom stereocenters. The van der Waals surface area contributed by atoms with Crippen molar-refractivity contribution in [3.8, 4) is 0 Å². The van der Waals surface area contributed by atoms with Crippen LogP contribution < -0.4 is 6.15 Å². The van der Waals surface area contributed by atoms with Gasteiger partial charge < -0.3 is 6.15 Å². The maximum absolute atomic E-state index is 2.17. The van der Waals surface area contributed by atoms with Crippen molar-refractivity contribution in [3.63, 3.8) is 0 Å². The zero-order chi connectivity index (χ0) is 7.40. The largest absolute Gasteiger partial charge is 0.344 e. The predicted octanol–water partition coefficient (Wildman–Crippen LogP) is 3.27. The Morgan fingerprint density at radius 1 is 1.09 bits per heavy atom. The summed E-state index contributed by atoms with van der Waals surface area (Å²) >= 11 is 0. The van der Waals surface area contributed by atoms with Gasteiger partial charge in [0.1, 0.15) is 0 Å². The molecular weight excluding hydrogens is 134 g/mol. The van der Waals surface area contributed by atoms with E-state index in [0.29, 0.717) is 0 Å². The van der Waals surface area contributed by atoms with E-state index in [1.807, 2.05) is 6.07 Å². The summed E-state index contributed by atoms with van der Waals surface area (Å²) in [5.74, 6) is 0. The molecule has 0 spiro atoms. The van der Waals surface area contributed by atoms with Crippen molar-refractivity contribution < 1.29 is 0 Å². The molecule has 0 aliphatic rings. The molecule has 1 rings (SSSR count). The molecule has 0 bridgehead atoms. The molecule has 0 aromatic heterocycles. The van der Waals surface area contributed by atoms with Crippen LogP contribution in [0, 0.1) is 0 Å². The van der Waals surface area contributed by atoms with Crippen LogP contribution >= 0.6 is 0 Å². The highest BCUT2D eigenvalue weighted by molar-refractivity contribution is 5.51. The quantitative estimate of drug-likeness (QED) is 0.653. The fourth-order valence-electron chi connectivity index (χ4n) is 0.883. The Bertz CT molecular complexity index is 220. The van der Waals surface area contributed by atoms with Gasteiger partial charge in [0, 0.05) is 0 Å². The summed E-state index contributed by atoms with van der Waals surface area (Å²) in [4.78, 5) is 0. The van der Waals surface area contributed by atoms with Gasteiger partial charge in [-0.25, -0.2) is 0 Å². The standard InChI is InChI=1S/C10H12.H3N/c1-9(2)8-10-6-4-3-5-7-10;/h3-8H,1-2H3;1H3. The summed E-state index contributed by atoms with van der Waals surface area (Å²) in [6, 6.07) is 10.3. The van der Waals surface area contributed by atoms with Crippen LogP contribution in [0.5, 0.6) is 0 Å². The molecule has 0 aliphatic heterocycles. The average molecular weight is 149 g/mol. The summed E-state index contributed by atoms with van der Waals surface area (Å²) in [5.41, 5.74) is 2.62. The van der Waals surface area contributed by atoms with Crippen molar-refractivity contribution in [2.75, 3.05) is 0 Å². The van der Waals surface area contributed by atoms with Crippen molar-refractivity contribution in [1.29, 1.82) is 0 Å². The maximum atomic E-state index is 2.17. The molecule has 11 heavy (non-hydrogen) atoms. The minimum atomic E-state index is 0. The molecule has 1 heteroatoms. The second kappa shape index (κ2) is 4.69. The van der Waals surface area contributed by atoms with Gasteiger partial charge in [-0.1, -0.05) is 42.0 Å². The second-order valence-electron chi connectivity index (χ2n) is 2.63. The van der Waals surface area contributed by atoms with E-state index in [4.69, 9.17) is 0 Å². The number of rotatable bonds is 1. The number of hydrogen-bond donors (Lipinski definition) is 1. The fourth-order valence-corrected chi connectivity index (χ4v) is 0.883. The van der Waals surface area contributed by atoms with Crippen molar-refractivity contribution in [1.82, 2.24) is 6.15 Å². The van der Waals surface area contributed by atoms with Crippen LogP contribution in [0.1, 0.15) is 19.4 Å². The predicted molar refractivity (Wildman–Crippen MR) is 50.8 cm³/mol. The first-order valence-corrected chi connectivity index (χ1v) is 3.49. The van der Waals surface area contributed by atoms with Crippen LogP contribution in [-0.2, 0) is 0 Å².